The van der Waals surface area contributed by atoms with Gasteiger partial charge in [-0.1, -0.05) is 36.4 Å². The molecule has 22 heavy (non-hydrogen) atoms. The zero-order chi connectivity index (χ0) is 15.4. The molecule has 1 aromatic carbocycles. The summed E-state index contributed by atoms with van der Waals surface area (Å²) in [5.41, 5.74) is 1.04. The summed E-state index contributed by atoms with van der Waals surface area (Å²) in [6.45, 7) is 0.126. The third-order valence-electron chi connectivity index (χ3n) is 3.43. The fourth-order valence-electron chi connectivity index (χ4n) is 2.34. The highest BCUT2D eigenvalue weighted by Crippen LogP contribution is 2.26. The number of nitrogens with one attached hydrogen (secondary N) is 1. The molecule has 3 rings (SSSR count). The lowest BCUT2D eigenvalue weighted by atomic mass is 10.1. The van der Waals surface area contributed by atoms with Gasteiger partial charge in [-0.05, 0) is 17.0 Å². The van der Waals surface area contributed by atoms with Gasteiger partial charge in [-0.2, -0.15) is 0 Å². The Bertz CT molecular complexity index is 643. The molecule has 6 heteroatoms. The molecule has 0 spiro atoms. The van der Waals surface area contributed by atoms with Crippen LogP contribution in [0.4, 0.5) is 0 Å². The van der Waals surface area contributed by atoms with Gasteiger partial charge < -0.3 is 10.2 Å². The molecule has 1 fully saturated rings. The number of carbonyl (C=O) groups is 2. The summed E-state index contributed by atoms with van der Waals surface area (Å²) in [5.74, 6) is 0.979. The number of rotatable bonds is 5. The molecule has 1 unspecified atom stereocenters. The summed E-state index contributed by atoms with van der Waals surface area (Å²) < 4.78 is 0. The van der Waals surface area contributed by atoms with Crippen molar-refractivity contribution in [2.24, 2.45) is 0 Å². The standard InChI is InChI=1S/C16H16N2O2S2/c19-14(9-18-11-21-10-15(18)20)17-16(13-7-4-8-22-13)12-5-2-1-3-6-12/h1-8,16H,9-11H2,(H,17,19). The van der Waals surface area contributed by atoms with Crippen LogP contribution in [0, 0.1) is 0 Å². The lowest BCUT2D eigenvalue weighted by Gasteiger charge is -2.20. The highest BCUT2D eigenvalue weighted by atomic mass is 32.2. The van der Waals surface area contributed by atoms with E-state index in [1.807, 2.05) is 47.8 Å². The van der Waals surface area contributed by atoms with Crippen LogP contribution in [0.15, 0.2) is 47.8 Å². The van der Waals surface area contributed by atoms with Crippen molar-refractivity contribution in [1.29, 1.82) is 0 Å². The Balaban J connectivity index is 1.73. The number of benzene rings is 1. The van der Waals surface area contributed by atoms with Crippen molar-refractivity contribution in [3.05, 3.63) is 58.3 Å². The van der Waals surface area contributed by atoms with Crippen molar-refractivity contribution >= 4 is 34.9 Å². The van der Waals surface area contributed by atoms with Gasteiger partial charge in [0.25, 0.3) is 0 Å². The number of hydrogen-bond acceptors (Lipinski definition) is 4. The molecule has 1 N–H and O–H groups in total. The third-order valence-corrected chi connectivity index (χ3v) is 5.31. The summed E-state index contributed by atoms with van der Waals surface area (Å²) in [5, 5.41) is 5.05. The van der Waals surface area contributed by atoms with Gasteiger partial charge in [0.1, 0.15) is 6.54 Å². The van der Waals surface area contributed by atoms with Gasteiger partial charge in [0.15, 0.2) is 0 Å². The number of amides is 2. The first-order valence-electron chi connectivity index (χ1n) is 6.97. The van der Waals surface area contributed by atoms with Crippen LogP contribution in [0.5, 0.6) is 0 Å². The second kappa shape index (κ2) is 6.98. The topological polar surface area (TPSA) is 49.4 Å². The number of thioether (sulfide) groups is 1. The van der Waals surface area contributed by atoms with Crippen molar-refractivity contribution in [2.75, 3.05) is 18.2 Å². The zero-order valence-corrected chi connectivity index (χ0v) is 13.5. The van der Waals surface area contributed by atoms with Gasteiger partial charge in [-0.3, -0.25) is 9.59 Å². The number of hydrogen-bond donors (Lipinski definition) is 1. The van der Waals surface area contributed by atoms with Crippen molar-refractivity contribution < 1.29 is 9.59 Å². The minimum Gasteiger partial charge on any atom is -0.343 e. The molecule has 0 radical (unpaired) electrons. The number of nitrogens with zero attached hydrogens (tertiary/aromatic N) is 1. The van der Waals surface area contributed by atoms with Gasteiger partial charge >= 0.3 is 0 Å². The Morgan fingerprint density at radius 2 is 2.05 bits per heavy atom. The third kappa shape index (κ3) is 3.51. The van der Waals surface area contributed by atoms with Crippen molar-refractivity contribution in [1.82, 2.24) is 10.2 Å². The van der Waals surface area contributed by atoms with Crippen LogP contribution in [0.1, 0.15) is 16.5 Å². The molecule has 2 amide bonds. The van der Waals surface area contributed by atoms with Crippen LogP contribution in [0.2, 0.25) is 0 Å². The van der Waals surface area contributed by atoms with E-state index in [0.29, 0.717) is 11.6 Å². The van der Waals surface area contributed by atoms with Crippen LogP contribution >= 0.6 is 23.1 Å². The number of carbonyl (C=O) groups excluding carboxylic acids is 2. The molecule has 4 nitrogen and oxygen atoms in total. The average molecular weight is 332 g/mol. The minimum atomic E-state index is -0.168. The quantitative estimate of drug-likeness (QED) is 0.915. The Hall–Kier alpha value is -1.79. The van der Waals surface area contributed by atoms with E-state index >= 15 is 0 Å². The van der Waals surface area contributed by atoms with Crippen molar-refractivity contribution in [3.63, 3.8) is 0 Å². The maximum atomic E-state index is 12.3. The molecule has 1 atom stereocenters. The molecule has 2 heterocycles. The fraction of sp³-hybridized carbons (Fsp3) is 0.250. The maximum Gasteiger partial charge on any atom is 0.240 e. The summed E-state index contributed by atoms with van der Waals surface area (Å²) in [6.07, 6.45) is 0. The number of thiophene rings is 1. The van der Waals surface area contributed by atoms with Gasteiger partial charge in [0, 0.05) is 4.88 Å². The van der Waals surface area contributed by atoms with Gasteiger partial charge in [0.05, 0.1) is 17.7 Å². The normalized spacial score (nSPS) is 15.8. The summed E-state index contributed by atoms with van der Waals surface area (Å²) >= 11 is 3.16. The molecule has 1 aromatic heterocycles. The van der Waals surface area contributed by atoms with E-state index in [4.69, 9.17) is 0 Å². The molecule has 1 aliphatic heterocycles. The SMILES string of the molecule is O=C(CN1CSCC1=O)NC(c1ccccc1)c1cccs1. The molecule has 0 aliphatic carbocycles. The van der Waals surface area contributed by atoms with Crippen LogP contribution < -0.4 is 5.32 Å². The van der Waals surface area contributed by atoms with Crippen LogP contribution in [0.25, 0.3) is 0 Å². The highest BCUT2D eigenvalue weighted by Gasteiger charge is 2.25. The zero-order valence-electron chi connectivity index (χ0n) is 11.9. The van der Waals surface area contributed by atoms with Crippen molar-refractivity contribution in [2.45, 2.75) is 6.04 Å². The van der Waals surface area contributed by atoms with E-state index in [9.17, 15) is 9.59 Å². The van der Waals surface area contributed by atoms with E-state index in [0.717, 1.165) is 10.4 Å². The van der Waals surface area contributed by atoms with Gasteiger partial charge in [-0.15, -0.1) is 23.1 Å². The first-order chi connectivity index (χ1) is 10.7. The Morgan fingerprint density at radius 1 is 1.23 bits per heavy atom. The first-order valence-corrected chi connectivity index (χ1v) is 9.00. The second-order valence-corrected chi connectivity index (χ2v) is 6.93. The van der Waals surface area contributed by atoms with Crippen LogP contribution in [-0.4, -0.2) is 34.9 Å². The summed E-state index contributed by atoms with van der Waals surface area (Å²) in [7, 11) is 0. The van der Waals surface area contributed by atoms with E-state index in [2.05, 4.69) is 5.32 Å². The molecule has 1 saturated heterocycles. The molecule has 114 valence electrons. The van der Waals surface area contributed by atoms with E-state index in [1.165, 1.54) is 0 Å². The summed E-state index contributed by atoms with van der Waals surface area (Å²) in [4.78, 5) is 26.6. The lowest BCUT2D eigenvalue weighted by molar-refractivity contribution is -0.132. The van der Waals surface area contributed by atoms with Crippen LogP contribution in [0.3, 0.4) is 0 Å². The second-order valence-electron chi connectivity index (χ2n) is 5.00. The van der Waals surface area contributed by atoms with Crippen LogP contribution in [-0.2, 0) is 9.59 Å². The molecule has 0 saturated carbocycles. The molecular formula is C16H16N2O2S2. The van der Waals surface area contributed by atoms with E-state index < -0.39 is 0 Å². The molecule has 1 aliphatic rings. The first kappa shape index (κ1) is 15.1. The molecular weight excluding hydrogens is 316 g/mol. The summed E-state index contributed by atoms with van der Waals surface area (Å²) in [6, 6.07) is 13.7. The van der Waals surface area contributed by atoms with E-state index in [1.54, 1.807) is 28.0 Å². The Kier molecular flexibility index (Phi) is 4.80. The largest absolute Gasteiger partial charge is 0.343 e. The van der Waals surface area contributed by atoms with Gasteiger partial charge in [0.2, 0.25) is 11.8 Å². The van der Waals surface area contributed by atoms with Crippen molar-refractivity contribution in [3.8, 4) is 0 Å². The fourth-order valence-corrected chi connectivity index (χ4v) is 4.05. The maximum absolute atomic E-state index is 12.3. The predicted molar refractivity (Wildman–Crippen MR) is 89.8 cm³/mol. The predicted octanol–water partition coefficient (Wildman–Crippen LogP) is 2.49. The van der Waals surface area contributed by atoms with Gasteiger partial charge in [-0.25, -0.2) is 0 Å². The Morgan fingerprint density at radius 3 is 2.68 bits per heavy atom. The smallest absolute Gasteiger partial charge is 0.240 e. The average Bonchev–Trinajstić information content (AvgIpc) is 3.18. The molecule has 0 bridgehead atoms. The van der Waals surface area contributed by atoms with E-state index in [-0.39, 0.29) is 24.4 Å². The Labute approximate surface area is 137 Å². The monoisotopic (exact) mass is 332 g/mol. The minimum absolute atomic E-state index is 0.0348. The highest BCUT2D eigenvalue weighted by molar-refractivity contribution is 8.00. The molecule has 2 aromatic rings. The lowest BCUT2D eigenvalue weighted by Crippen LogP contribution is -2.39.